The molecule has 200 valence electrons. The summed E-state index contributed by atoms with van der Waals surface area (Å²) < 4.78 is 7.73. The summed E-state index contributed by atoms with van der Waals surface area (Å²) in [7, 11) is 9.81. The summed E-state index contributed by atoms with van der Waals surface area (Å²) in [6.07, 6.45) is 7.87. The molecule has 1 spiro atoms. The van der Waals surface area contributed by atoms with Gasteiger partial charge in [0, 0.05) is 30.9 Å². The van der Waals surface area contributed by atoms with Crippen molar-refractivity contribution >= 4 is 37.7 Å². The smallest absolute Gasteiger partial charge is 0.562 e. The van der Waals surface area contributed by atoms with Gasteiger partial charge < -0.3 is 36.5 Å². The first kappa shape index (κ1) is 32.6. The molecular formula is C28H31BN4NaO5-3. The van der Waals surface area contributed by atoms with Gasteiger partial charge in [0.05, 0.1) is 30.2 Å². The summed E-state index contributed by atoms with van der Waals surface area (Å²) in [5.41, 5.74) is 1.96. The molecule has 1 atom stereocenters. The Kier molecular flexibility index (Phi) is 11.8. The van der Waals surface area contributed by atoms with Gasteiger partial charge in [-0.25, -0.2) is 6.07 Å². The van der Waals surface area contributed by atoms with Crippen LogP contribution in [0.2, 0.25) is 0 Å². The van der Waals surface area contributed by atoms with Crippen molar-refractivity contribution in [1.82, 2.24) is 20.0 Å². The zero-order valence-corrected chi connectivity index (χ0v) is 24.7. The van der Waals surface area contributed by atoms with Gasteiger partial charge in [0.1, 0.15) is 7.85 Å². The Bertz CT molecular complexity index is 1280. The van der Waals surface area contributed by atoms with Crippen molar-refractivity contribution in [2.24, 2.45) is 7.05 Å². The second kappa shape index (κ2) is 14.1. The molecule has 11 heteroatoms. The Morgan fingerprint density at radius 2 is 1.92 bits per heavy atom. The van der Waals surface area contributed by atoms with E-state index in [0.29, 0.717) is 48.6 Å². The van der Waals surface area contributed by atoms with Crippen LogP contribution in [0.3, 0.4) is 0 Å². The fourth-order valence-corrected chi connectivity index (χ4v) is 4.84. The Morgan fingerprint density at radius 3 is 2.49 bits per heavy atom. The van der Waals surface area contributed by atoms with Crippen LogP contribution >= 0.6 is 0 Å². The number of ether oxygens (including phenoxy) is 1. The van der Waals surface area contributed by atoms with Crippen LogP contribution in [0.4, 0.5) is 0 Å². The second-order valence-corrected chi connectivity index (χ2v) is 9.20. The maximum atomic E-state index is 11.2. The molecule has 1 unspecified atom stereocenters. The molecule has 5 rings (SSSR count). The molecule has 2 aromatic carbocycles. The van der Waals surface area contributed by atoms with Crippen LogP contribution in [0.15, 0.2) is 36.5 Å². The van der Waals surface area contributed by atoms with Gasteiger partial charge in [-0.15, -0.1) is 12.5 Å². The average molecular weight is 537 g/mol. The number of piperidine rings is 1. The molecule has 1 fully saturated rings. The number of aryl methyl sites for hydroxylation is 1. The third-order valence-electron chi connectivity index (χ3n) is 7.03. The number of aromatic nitrogens is 2. The topological polar surface area (TPSA) is 114 Å². The molecule has 0 aliphatic carbocycles. The fraction of sp³-hybridized carbons (Fsp3) is 0.357. The predicted octanol–water partition coefficient (Wildman–Crippen LogP) is -1.40. The molecule has 2 aliphatic rings. The first-order chi connectivity index (χ1) is 18.2. The SMILES string of the molecule is CN[C-]=O.[B]C(O)(c1ccc2cnn(C)c2c1)N1CCC2(CC1)COc1c2ccc([C-]=O)c1[CH2-].[CH2-]CC=O.[Na+]. The van der Waals surface area contributed by atoms with Crippen LogP contribution in [0.25, 0.3) is 10.9 Å². The van der Waals surface area contributed by atoms with E-state index < -0.39 is 5.62 Å². The number of carbonyl (C=O) groups excluding carboxylic acids is 3. The summed E-state index contributed by atoms with van der Waals surface area (Å²) in [5, 5.41) is 18.6. The summed E-state index contributed by atoms with van der Waals surface area (Å²) in [6, 6.07) is 9.40. The first-order valence-corrected chi connectivity index (χ1v) is 12.1. The monoisotopic (exact) mass is 537 g/mol. The van der Waals surface area contributed by atoms with Crippen molar-refractivity contribution in [3.63, 3.8) is 0 Å². The van der Waals surface area contributed by atoms with Gasteiger partial charge in [-0.2, -0.15) is 11.5 Å². The summed E-state index contributed by atoms with van der Waals surface area (Å²) >= 11 is 0. The first-order valence-electron chi connectivity index (χ1n) is 12.1. The van der Waals surface area contributed by atoms with Gasteiger partial charge in [-0.05, 0) is 43.6 Å². The molecule has 3 heterocycles. The van der Waals surface area contributed by atoms with Crippen molar-refractivity contribution in [2.75, 3.05) is 26.7 Å². The number of benzene rings is 2. The number of nitrogens with zero attached hydrogens (tertiary/aromatic N) is 3. The van der Waals surface area contributed by atoms with E-state index in [4.69, 9.17) is 22.2 Å². The minimum absolute atomic E-state index is 0. The molecule has 1 aromatic heterocycles. The summed E-state index contributed by atoms with van der Waals surface area (Å²) in [5.74, 6) is 0.703. The number of nitrogens with one attached hydrogen (secondary N) is 1. The third kappa shape index (κ3) is 6.76. The quantitative estimate of drug-likeness (QED) is 0.178. The Hall–Kier alpha value is -2.63. The molecule has 1 saturated heterocycles. The normalized spacial score (nSPS) is 16.6. The van der Waals surface area contributed by atoms with Crippen LogP contribution in [0.1, 0.15) is 41.5 Å². The van der Waals surface area contributed by atoms with Crippen LogP contribution in [-0.2, 0) is 32.5 Å². The zero-order valence-electron chi connectivity index (χ0n) is 22.7. The van der Waals surface area contributed by atoms with Gasteiger partial charge in [0.2, 0.25) is 0 Å². The number of aliphatic hydroxyl groups is 1. The van der Waals surface area contributed by atoms with Gasteiger partial charge >= 0.3 is 29.6 Å². The molecule has 2 aliphatic heterocycles. The number of hydrogen-bond donors (Lipinski definition) is 2. The maximum absolute atomic E-state index is 11.2. The third-order valence-corrected chi connectivity index (χ3v) is 7.03. The molecular weight excluding hydrogens is 506 g/mol. The van der Waals surface area contributed by atoms with Gasteiger partial charge in [0.25, 0.3) is 0 Å². The van der Waals surface area contributed by atoms with Crippen LogP contribution < -0.4 is 39.6 Å². The Morgan fingerprint density at radius 1 is 1.28 bits per heavy atom. The molecule has 0 bridgehead atoms. The van der Waals surface area contributed by atoms with Crippen LogP contribution in [-0.4, -0.2) is 73.4 Å². The number of fused-ring (bicyclic) bond motifs is 3. The van der Waals surface area contributed by atoms with Crippen molar-refractivity contribution in [2.45, 2.75) is 30.3 Å². The maximum Gasteiger partial charge on any atom is 1.00 e. The largest absolute Gasteiger partial charge is 1.00 e. The van der Waals surface area contributed by atoms with Gasteiger partial charge in [-0.3, -0.25) is 27.6 Å². The second-order valence-electron chi connectivity index (χ2n) is 9.20. The minimum Gasteiger partial charge on any atom is -0.562 e. The van der Waals surface area contributed by atoms with E-state index in [1.54, 1.807) is 16.9 Å². The molecule has 39 heavy (non-hydrogen) atoms. The predicted molar refractivity (Wildman–Crippen MR) is 145 cm³/mol. The standard InChI is InChI=1S/C23H22BN3O3.C3H5O.C2H4NO.Na/c1-15-17(13-28)4-6-19-21(15)30-14-22(19)7-9-27(10-8-22)23(24,29)18-5-3-16-12-25-26(2)20(16)11-18;1-2-3-4;1-3-2-4;/h3-6,11-12,29H,1,7-10,14H2,2H3;3H,1-2H2;1H3,(H,3,4);/q-2;2*-1;+1. The molecule has 9 nitrogen and oxygen atoms in total. The van der Waals surface area contributed by atoms with E-state index in [0.717, 1.165) is 35.6 Å². The number of carbonyl (C=O) groups is 1. The molecule has 2 radical (unpaired) electrons. The molecule has 2 N–H and O–H groups in total. The van der Waals surface area contributed by atoms with Crippen molar-refractivity contribution in [1.29, 1.82) is 0 Å². The molecule has 1 amide bonds. The van der Waals surface area contributed by atoms with E-state index >= 15 is 0 Å². The number of aldehydes is 1. The van der Waals surface area contributed by atoms with Gasteiger partial charge in [-0.1, -0.05) is 17.7 Å². The molecule has 3 aromatic rings. The van der Waals surface area contributed by atoms with Crippen LogP contribution in [0, 0.1) is 13.8 Å². The van der Waals surface area contributed by atoms with Crippen LogP contribution in [0.5, 0.6) is 5.75 Å². The van der Waals surface area contributed by atoms with E-state index in [-0.39, 0.29) is 35.0 Å². The average Bonchev–Trinajstić information content (AvgIpc) is 3.50. The van der Waals surface area contributed by atoms with E-state index in [9.17, 15) is 9.90 Å². The van der Waals surface area contributed by atoms with E-state index in [2.05, 4.69) is 24.3 Å². The Labute approximate surface area is 253 Å². The Balaban J connectivity index is 0.000000527. The minimum atomic E-state index is -1.57. The summed E-state index contributed by atoms with van der Waals surface area (Å²) in [4.78, 5) is 31.1. The van der Waals surface area contributed by atoms with Crippen molar-refractivity contribution in [3.8, 4) is 5.75 Å². The number of amides is 1. The van der Waals surface area contributed by atoms with Gasteiger partial charge in [0.15, 0.2) is 0 Å². The zero-order chi connectivity index (χ0) is 27.9. The van der Waals surface area contributed by atoms with E-state index in [1.807, 2.05) is 42.5 Å². The number of rotatable bonds is 5. The van der Waals surface area contributed by atoms with Crippen molar-refractivity contribution in [3.05, 3.63) is 72.6 Å². The number of likely N-dealkylation sites (tertiary alicyclic amines) is 1. The van der Waals surface area contributed by atoms with E-state index in [1.165, 1.54) is 13.5 Å². The van der Waals surface area contributed by atoms with Crippen molar-refractivity contribution < 1.29 is 53.8 Å². The fourth-order valence-electron chi connectivity index (χ4n) is 4.84. The summed E-state index contributed by atoms with van der Waals surface area (Å²) in [6.45, 7) is 9.02. The number of hydrogen-bond acceptors (Lipinski definition) is 7. The molecule has 0 saturated carbocycles.